The van der Waals surface area contributed by atoms with E-state index in [9.17, 15) is 5.11 Å². The molecule has 0 unspecified atom stereocenters. The van der Waals surface area contributed by atoms with Gasteiger partial charge in [0.25, 0.3) is 0 Å². The highest BCUT2D eigenvalue weighted by molar-refractivity contribution is 5.26. The van der Waals surface area contributed by atoms with Gasteiger partial charge in [0.15, 0.2) is 0 Å². The van der Waals surface area contributed by atoms with Crippen molar-refractivity contribution in [1.82, 2.24) is 0 Å². The number of hydrogen-bond acceptors (Lipinski definition) is 2. The van der Waals surface area contributed by atoms with Crippen LogP contribution in [0.1, 0.15) is 40.5 Å². The number of aliphatic hydroxyl groups is 1. The van der Waals surface area contributed by atoms with E-state index in [1.54, 1.807) is 0 Å². The fourth-order valence-corrected chi connectivity index (χ4v) is 5.83. The van der Waals surface area contributed by atoms with Crippen molar-refractivity contribution in [3.05, 3.63) is 0 Å². The third-order valence-electron chi connectivity index (χ3n) is 6.23. The molecule has 18 heavy (non-hydrogen) atoms. The highest BCUT2D eigenvalue weighted by Crippen LogP contribution is 2.79. The molecular formula is C16H26O2. The quantitative estimate of drug-likeness (QED) is 0.775. The van der Waals surface area contributed by atoms with Crippen molar-refractivity contribution in [2.24, 2.45) is 41.4 Å². The van der Waals surface area contributed by atoms with E-state index in [0.29, 0.717) is 12.0 Å². The Hall–Kier alpha value is -0.0800. The van der Waals surface area contributed by atoms with Gasteiger partial charge in [-0.25, -0.2) is 0 Å². The van der Waals surface area contributed by atoms with Crippen LogP contribution in [0.5, 0.6) is 0 Å². The van der Waals surface area contributed by atoms with Crippen molar-refractivity contribution in [1.29, 1.82) is 0 Å². The average molecular weight is 250 g/mol. The van der Waals surface area contributed by atoms with Gasteiger partial charge in [0.05, 0.1) is 17.8 Å². The van der Waals surface area contributed by atoms with Crippen molar-refractivity contribution in [2.45, 2.75) is 58.3 Å². The summed E-state index contributed by atoms with van der Waals surface area (Å²) < 4.78 is 6.39. The van der Waals surface area contributed by atoms with Crippen LogP contribution in [0.4, 0.5) is 0 Å². The van der Waals surface area contributed by atoms with E-state index in [1.807, 2.05) is 0 Å². The number of aliphatic hydroxyl groups excluding tert-OH is 1. The zero-order valence-electron chi connectivity index (χ0n) is 12.0. The molecule has 5 aliphatic rings. The molecule has 0 saturated heterocycles. The summed E-state index contributed by atoms with van der Waals surface area (Å²) in [5, 5.41) is 10.2. The second-order valence-corrected chi connectivity index (χ2v) is 8.35. The topological polar surface area (TPSA) is 29.5 Å². The lowest BCUT2D eigenvalue weighted by Gasteiger charge is -2.30. The molecule has 5 aliphatic carbocycles. The Morgan fingerprint density at radius 2 is 1.56 bits per heavy atom. The molecule has 6 bridgehead atoms. The van der Waals surface area contributed by atoms with Crippen LogP contribution in [-0.2, 0) is 4.74 Å². The van der Waals surface area contributed by atoms with Crippen molar-refractivity contribution in [2.75, 3.05) is 0 Å². The Morgan fingerprint density at radius 1 is 0.944 bits per heavy atom. The molecule has 2 nitrogen and oxygen atoms in total. The van der Waals surface area contributed by atoms with Gasteiger partial charge in [0, 0.05) is 0 Å². The average Bonchev–Trinajstić information content (AvgIpc) is 2.71. The number of rotatable bonds is 1. The van der Waals surface area contributed by atoms with Gasteiger partial charge in [-0.15, -0.1) is 0 Å². The molecule has 0 radical (unpaired) electrons. The maximum atomic E-state index is 10.2. The van der Waals surface area contributed by atoms with Crippen LogP contribution in [0.15, 0.2) is 0 Å². The summed E-state index contributed by atoms with van der Waals surface area (Å²) in [4.78, 5) is 0. The van der Waals surface area contributed by atoms with Crippen molar-refractivity contribution in [3.63, 3.8) is 0 Å². The van der Waals surface area contributed by atoms with E-state index in [4.69, 9.17) is 4.74 Å². The molecule has 0 aromatic carbocycles. The predicted molar refractivity (Wildman–Crippen MR) is 70.0 cm³/mol. The molecule has 5 fully saturated rings. The fourth-order valence-electron chi connectivity index (χ4n) is 5.83. The monoisotopic (exact) mass is 250 g/mol. The lowest BCUT2D eigenvalue weighted by atomic mass is 9.88. The van der Waals surface area contributed by atoms with Gasteiger partial charge in [-0.05, 0) is 75.0 Å². The van der Waals surface area contributed by atoms with E-state index < -0.39 is 0 Å². The molecule has 0 spiro atoms. The summed E-state index contributed by atoms with van der Waals surface area (Å²) in [5.41, 5.74) is -0.0112. The Balaban J connectivity index is 1.61. The molecule has 0 heterocycles. The molecule has 0 amide bonds. The van der Waals surface area contributed by atoms with E-state index in [2.05, 4.69) is 27.7 Å². The predicted octanol–water partition coefficient (Wildman–Crippen LogP) is 2.70. The minimum atomic E-state index is -0.0573. The van der Waals surface area contributed by atoms with Crippen LogP contribution in [0.3, 0.4) is 0 Å². The van der Waals surface area contributed by atoms with Gasteiger partial charge < -0.3 is 9.84 Å². The van der Waals surface area contributed by atoms with E-state index >= 15 is 0 Å². The third kappa shape index (κ3) is 1.37. The Kier molecular flexibility index (Phi) is 2.16. The minimum absolute atomic E-state index is 0.0112. The van der Waals surface area contributed by atoms with Gasteiger partial charge in [0.1, 0.15) is 0 Å². The Morgan fingerprint density at radius 3 is 2.17 bits per heavy atom. The summed E-state index contributed by atoms with van der Waals surface area (Å²) >= 11 is 0. The van der Waals surface area contributed by atoms with E-state index in [0.717, 1.165) is 41.9 Å². The number of ether oxygens (including phenoxy) is 1. The summed E-state index contributed by atoms with van der Waals surface area (Å²) in [6.07, 6.45) is 2.74. The summed E-state index contributed by atoms with van der Waals surface area (Å²) in [5.74, 6) is 5.63. The molecule has 5 rings (SSSR count). The van der Waals surface area contributed by atoms with Crippen molar-refractivity contribution in [3.8, 4) is 0 Å². The second kappa shape index (κ2) is 3.32. The fraction of sp³-hybridized carbons (Fsp3) is 1.00. The van der Waals surface area contributed by atoms with Gasteiger partial charge in [-0.1, -0.05) is 6.92 Å². The normalized spacial score (nSPS) is 60.8. The van der Waals surface area contributed by atoms with Crippen LogP contribution in [0, 0.1) is 41.4 Å². The second-order valence-electron chi connectivity index (χ2n) is 8.35. The van der Waals surface area contributed by atoms with Crippen molar-refractivity contribution < 1.29 is 9.84 Å². The SMILES string of the molecule is C[C@H]1C[C@H]2[C@H]3[C@@H](C[C@@H]1O)[C@H]1[C@@H]2[C@@H]1[C@H]3OC(C)(C)C. The van der Waals surface area contributed by atoms with Gasteiger partial charge in [0.2, 0.25) is 0 Å². The molecule has 0 aromatic heterocycles. The van der Waals surface area contributed by atoms with Crippen LogP contribution in [-0.4, -0.2) is 22.9 Å². The van der Waals surface area contributed by atoms with Crippen molar-refractivity contribution >= 4 is 0 Å². The van der Waals surface area contributed by atoms with Gasteiger partial charge in [-0.3, -0.25) is 0 Å². The Labute approximate surface area is 110 Å². The maximum absolute atomic E-state index is 10.2. The first kappa shape index (κ1) is 11.7. The molecule has 2 heteroatoms. The highest BCUT2D eigenvalue weighted by Gasteiger charge is 2.78. The lowest BCUT2D eigenvalue weighted by Crippen LogP contribution is -2.32. The molecule has 0 aromatic rings. The van der Waals surface area contributed by atoms with Crippen LogP contribution in [0.25, 0.3) is 0 Å². The molecule has 5 saturated carbocycles. The Bertz CT molecular complexity index is 348. The summed E-state index contributed by atoms with van der Waals surface area (Å²) in [6, 6.07) is 0. The van der Waals surface area contributed by atoms with Crippen LogP contribution in [0.2, 0.25) is 0 Å². The van der Waals surface area contributed by atoms with Crippen LogP contribution >= 0.6 is 0 Å². The first-order valence-corrected chi connectivity index (χ1v) is 7.74. The van der Waals surface area contributed by atoms with E-state index in [1.165, 1.54) is 6.42 Å². The smallest absolute Gasteiger partial charge is 0.0649 e. The van der Waals surface area contributed by atoms with E-state index in [-0.39, 0.29) is 11.7 Å². The molecule has 9 atom stereocenters. The maximum Gasteiger partial charge on any atom is 0.0649 e. The minimum Gasteiger partial charge on any atom is -0.393 e. The summed E-state index contributed by atoms with van der Waals surface area (Å²) in [7, 11) is 0. The van der Waals surface area contributed by atoms with Crippen LogP contribution < -0.4 is 0 Å². The van der Waals surface area contributed by atoms with Gasteiger partial charge >= 0.3 is 0 Å². The molecule has 0 aliphatic heterocycles. The third-order valence-corrected chi connectivity index (χ3v) is 6.23. The largest absolute Gasteiger partial charge is 0.393 e. The zero-order valence-corrected chi connectivity index (χ0v) is 12.0. The first-order valence-electron chi connectivity index (χ1n) is 7.74. The number of hydrogen-bond donors (Lipinski definition) is 1. The highest BCUT2D eigenvalue weighted by atomic mass is 16.5. The zero-order chi connectivity index (χ0) is 12.8. The van der Waals surface area contributed by atoms with Gasteiger partial charge in [-0.2, -0.15) is 0 Å². The summed E-state index contributed by atoms with van der Waals surface area (Å²) in [6.45, 7) is 8.78. The first-order chi connectivity index (χ1) is 8.38. The lowest BCUT2D eigenvalue weighted by molar-refractivity contribution is -0.0834. The molecular weight excluding hydrogens is 224 g/mol. The molecule has 1 N–H and O–H groups in total. The molecule has 102 valence electrons. The standard InChI is InChI=1S/C16H26O2/c1-7-5-8-11-9(6-10(7)17)13-12(8)14(13)15(11)18-16(2,3)4/h7-15,17H,5-6H2,1-4H3/t7-,8-,9+,10-,11-,12+,13-,14-,15-/m0/s1.